The molecular weight excluding hydrogens is 358 g/mol. The van der Waals surface area contributed by atoms with E-state index >= 15 is 0 Å². The van der Waals surface area contributed by atoms with Crippen LogP contribution in [0.2, 0.25) is 0 Å². The lowest BCUT2D eigenvalue weighted by molar-refractivity contribution is 0.0345. The van der Waals surface area contributed by atoms with Gasteiger partial charge in [0.15, 0.2) is 0 Å². The van der Waals surface area contributed by atoms with E-state index in [0.29, 0.717) is 17.2 Å². The summed E-state index contributed by atoms with van der Waals surface area (Å²) in [6, 6.07) is 14.6. The Morgan fingerprint density at radius 1 is 1.12 bits per heavy atom. The van der Waals surface area contributed by atoms with E-state index in [1.807, 2.05) is 35.7 Å². The van der Waals surface area contributed by atoms with E-state index in [2.05, 4.69) is 0 Å². The molecule has 0 amide bonds. The average Bonchev–Trinajstić information content (AvgIpc) is 3.18. The Kier molecular flexibility index (Phi) is 4.24. The zero-order valence-corrected chi connectivity index (χ0v) is 15.0. The lowest BCUT2D eigenvalue weighted by atomic mass is 10.1. The van der Waals surface area contributed by atoms with Crippen LogP contribution in [0, 0.1) is 0 Å². The quantitative estimate of drug-likeness (QED) is 0.719. The van der Waals surface area contributed by atoms with Gasteiger partial charge in [-0.1, -0.05) is 30.3 Å². The smallest absolute Gasteiger partial charge is 0.265 e. The third-order valence-corrected chi connectivity index (χ3v) is 6.86. The van der Waals surface area contributed by atoms with Gasteiger partial charge in [-0.25, -0.2) is 8.42 Å². The van der Waals surface area contributed by atoms with Gasteiger partial charge in [-0.05, 0) is 29.0 Å². The lowest BCUT2D eigenvalue weighted by Crippen LogP contribution is -2.37. The van der Waals surface area contributed by atoms with Crippen LogP contribution in [0.1, 0.15) is 4.88 Å². The minimum atomic E-state index is -3.64. The van der Waals surface area contributed by atoms with Crippen LogP contribution in [0.3, 0.4) is 0 Å². The van der Waals surface area contributed by atoms with Crippen molar-refractivity contribution < 1.29 is 18.3 Å². The fraction of sp³-hybridized carbons (Fsp3) is 0.222. The molecule has 0 spiro atoms. The topological polar surface area (TPSA) is 66.8 Å². The van der Waals surface area contributed by atoms with Crippen LogP contribution in [0.4, 0.5) is 5.69 Å². The van der Waals surface area contributed by atoms with Gasteiger partial charge in [-0.2, -0.15) is 0 Å². The number of sulfonamides is 1. The van der Waals surface area contributed by atoms with E-state index in [1.54, 1.807) is 29.5 Å². The molecule has 0 radical (unpaired) electrons. The fourth-order valence-electron chi connectivity index (χ4n) is 3.09. The maximum Gasteiger partial charge on any atom is 0.265 e. The largest absolute Gasteiger partial charge is 0.389 e. The van der Waals surface area contributed by atoms with E-state index in [0.717, 1.165) is 15.6 Å². The highest BCUT2D eigenvalue weighted by atomic mass is 32.2. The molecule has 5 nitrogen and oxygen atoms in total. The first-order valence-electron chi connectivity index (χ1n) is 7.90. The van der Waals surface area contributed by atoms with Crippen molar-refractivity contribution in [2.45, 2.75) is 17.6 Å². The molecule has 0 saturated carbocycles. The Labute approximate surface area is 150 Å². The van der Waals surface area contributed by atoms with Crippen LogP contribution in [0.5, 0.6) is 0 Å². The highest BCUT2D eigenvalue weighted by molar-refractivity contribution is 7.93. The first-order chi connectivity index (χ1) is 12.1. The van der Waals surface area contributed by atoms with Crippen LogP contribution in [-0.2, 0) is 21.4 Å². The summed E-state index contributed by atoms with van der Waals surface area (Å²) in [6.45, 7) is 0.466. The molecule has 0 bridgehead atoms. The summed E-state index contributed by atoms with van der Waals surface area (Å²) in [4.78, 5) is 1.37. The van der Waals surface area contributed by atoms with Gasteiger partial charge in [0.1, 0.15) is 0 Å². The van der Waals surface area contributed by atoms with Crippen LogP contribution in [0.25, 0.3) is 10.8 Å². The number of rotatable bonds is 6. The van der Waals surface area contributed by atoms with Crippen LogP contribution < -0.4 is 4.31 Å². The summed E-state index contributed by atoms with van der Waals surface area (Å²) in [6.07, 6.45) is -0.903. The highest BCUT2D eigenvalue weighted by Crippen LogP contribution is 2.41. The fourth-order valence-corrected chi connectivity index (χ4v) is 5.48. The summed E-state index contributed by atoms with van der Waals surface area (Å²) in [7, 11) is -3.64. The Morgan fingerprint density at radius 3 is 2.68 bits per heavy atom. The van der Waals surface area contributed by atoms with Crippen molar-refractivity contribution in [1.29, 1.82) is 0 Å². The first-order valence-corrected chi connectivity index (χ1v) is 10.2. The molecule has 1 aliphatic heterocycles. The van der Waals surface area contributed by atoms with Crippen molar-refractivity contribution in [3.05, 3.63) is 58.8 Å². The van der Waals surface area contributed by atoms with Gasteiger partial charge in [0.25, 0.3) is 10.0 Å². The SMILES string of the molecule is O=S1(=O)c2cccc3cccc(c23)N1C[C@H](O)COCc1cccs1. The number of anilines is 1. The Bertz CT molecular complexity index is 994. The molecule has 0 unspecified atom stereocenters. The number of hydrogen-bond acceptors (Lipinski definition) is 5. The van der Waals surface area contributed by atoms with E-state index in [-0.39, 0.29) is 13.2 Å². The Hall–Kier alpha value is -1.93. The molecule has 3 aromatic rings. The molecule has 1 atom stereocenters. The predicted molar refractivity (Wildman–Crippen MR) is 98.5 cm³/mol. The number of nitrogens with zero attached hydrogens (tertiary/aromatic N) is 1. The first kappa shape index (κ1) is 16.5. The van der Waals surface area contributed by atoms with Gasteiger partial charge >= 0.3 is 0 Å². The summed E-state index contributed by atoms with van der Waals surface area (Å²) >= 11 is 1.58. The van der Waals surface area contributed by atoms with Crippen molar-refractivity contribution >= 4 is 37.8 Å². The van der Waals surface area contributed by atoms with Crippen molar-refractivity contribution in [2.24, 2.45) is 0 Å². The molecule has 0 fully saturated rings. The van der Waals surface area contributed by atoms with Crippen molar-refractivity contribution in [1.82, 2.24) is 0 Å². The number of benzene rings is 2. The Balaban J connectivity index is 1.52. The third kappa shape index (κ3) is 2.93. The van der Waals surface area contributed by atoms with Gasteiger partial charge in [-0.15, -0.1) is 11.3 Å². The summed E-state index contributed by atoms with van der Waals surface area (Å²) in [5.74, 6) is 0. The van der Waals surface area contributed by atoms with Gasteiger partial charge < -0.3 is 9.84 Å². The maximum atomic E-state index is 12.8. The van der Waals surface area contributed by atoms with E-state index in [1.165, 1.54) is 4.31 Å². The number of aliphatic hydroxyl groups excluding tert-OH is 1. The van der Waals surface area contributed by atoms with Gasteiger partial charge in [0.05, 0.1) is 36.4 Å². The normalized spacial score (nSPS) is 16.4. The minimum absolute atomic E-state index is 0.0272. The standard InChI is InChI=1S/C18H17NO4S2/c20-14(11-23-12-15-6-3-9-24-15)10-19-16-7-1-4-13-5-2-8-17(18(13)16)25(19,21)22/h1-9,14,20H,10-12H2/t14-/m0/s1. The average molecular weight is 375 g/mol. The molecule has 1 aromatic heterocycles. The second-order valence-corrected chi connectivity index (χ2v) is 8.78. The second-order valence-electron chi connectivity index (χ2n) is 5.92. The molecule has 7 heteroatoms. The zero-order valence-electron chi connectivity index (χ0n) is 13.3. The molecule has 2 aromatic carbocycles. The highest BCUT2D eigenvalue weighted by Gasteiger charge is 2.36. The molecule has 130 valence electrons. The monoisotopic (exact) mass is 375 g/mol. The third-order valence-electron chi connectivity index (χ3n) is 4.19. The van der Waals surface area contributed by atoms with Crippen molar-refractivity contribution in [3.8, 4) is 0 Å². The van der Waals surface area contributed by atoms with Crippen LogP contribution in [0.15, 0.2) is 58.8 Å². The van der Waals surface area contributed by atoms with E-state index in [4.69, 9.17) is 4.74 Å². The van der Waals surface area contributed by atoms with E-state index in [9.17, 15) is 13.5 Å². The second kappa shape index (κ2) is 6.42. The maximum absolute atomic E-state index is 12.8. The molecule has 0 saturated heterocycles. The number of aliphatic hydroxyl groups is 1. The number of ether oxygens (including phenoxy) is 1. The van der Waals surface area contributed by atoms with Crippen molar-refractivity contribution in [2.75, 3.05) is 17.5 Å². The summed E-state index contributed by atoms with van der Waals surface area (Å²) in [5, 5.41) is 13.8. The molecule has 25 heavy (non-hydrogen) atoms. The lowest BCUT2D eigenvalue weighted by Gasteiger charge is -2.22. The zero-order chi connectivity index (χ0) is 17.4. The number of thiophene rings is 1. The number of hydrogen-bond donors (Lipinski definition) is 1. The van der Waals surface area contributed by atoms with Gasteiger partial charge in [0.2, 0.25) is 0 Å². The molecular formula is C18H17NO4S2. The summed E-state index contributed by atoms with van der Waals surface area (Å²) in [5.41, 5.74) is 0.616. The number of β-amino-alcohol motifs (C(OH)–C–C–N with tert-alkyl or cyclic N) is 1. The van der Waals surface area contributed by atoms with Crippen LogP contribution >= 0.6 is 11.3 Å². The van der Waals surface area contributed by atoms with Crippen LogP contribution in [-0.4, -0.2) is 32.8 Å². The molecule has 2 heterocycles. The van der Waals surface area contributed by atoms with Crippen molar-refractivity contribution in [3.63, 3.8) is 0 Å². The molecule has 4 rings (SSSR count). The van der Waals surface area contributed by atoms with Gasteiger partial charge in [-0.3, -0.25) is 4.31 Å². The predicted octanol–water partition coefficient (Wildman–Crippen LogP) is 2.99. The summed E-state index contributed by atoms with van der Waals surface area (Å²) < 4.78 is 32.5. The van der Waals surface area contributed by atoms with E-state index < -0.39 is 16.1 Å². The minimum Gasteiger partial charge on any atom is -0.389 e. The molecule has 0 aliphatic carbocycles. The Morgan fingerprint density at radius 2 is 1.92 bits per heavy atom. The molecule has 1 N–H and O–H groups in total. The molecule has 1 aliphatic rings. The van der Waals surface area contributed by atoms with Gasteiger partial charge in [0, 0.05) is 10.3 Å².